The summed E-state index contributed by atoms with van der Waals surface area (Å²) in [6.45, 7) is 1.69. The van der Waals surface area contributed by atoms with Gasteiger partial charge in [-0.05, 0) is 55.2 Å². The average molecular weight is 479 g/mol. The van der Waals surface area contributed by atoms with Gasteiger partial charge in [-0.15, -0.1) is 0 Å². The highest BCUT2D eigenvalue weighted by atomic mass is 16.5. The first-order valence-electron chi connectivity index (χ1n) is 12.3. The lowest BCUT2D eigenvalue weighted by molar-refractivity contribution is -0.142. The molecule has 0 spiro atoms. The summed E-state index contributed by atoms with van der Waals surface area (Å²) >= 11 is 0. The minimum absolute atomic E-state index is 0.226. The fourth-order valence-electron chi connectivity index (χ4n) is 5.00. The van der Waals surface area contributed by atoms with Gasteiger partial charge in [0.1, 0.15) is 18.1 Å². The average Bonchev–Trinajstić information content (AvgIpc) is 3.22. The molecule has 2 N–H and O–H groups in total. The maximum atomic E-state index is 10.7. The Morgan fingerprint density at radius 2 is 1.74 bits per heavy atom. The lowest BCUT2D eigenvalue weighted by atomic mass is 9.82. The number of methoxy groups -OCH3 is 1. The predicted octanol–water partition coefficient (Wildman–Crippen LogP) is 5.02. The van der Waals surface area contributed by atoms with Crippen molar-refractivity contribution in [2.75, 3.05) is 26.9 Å². The van der Waals surface area contributed by atoms with Crippen LogP contribution in [0.3, 0.4) is 0 Å². The fourth-order valence-corrected chi connectivity index (χ4v) is 5.00. The number of phenols is 1. The number of aromatic hydroxyl groups is 1. The normalized spacial score (nSPS) is 18.0. The van der Waals surface area contributed by atoms with Gasteiger partial charge in [-0.1, -0.05) is 42.5 Å². The molecule has 1 aliphatic rings. The SMILES string of the molecule is COCCc1c(-c2cccc(O)c2)c(-c2ccccc2)nn1CC1CCC(COCC(=O)O)CC1. The van der Waals surface area contributed by atoms with Gasteiger partial charge in [0, 0.05) is 36.9 Å². The van der Waals surface area contributed by atoms with Gasteiger partial charge in [0.05, 0.1) is 13.2 Å². The summed E-state index contributed by atoms with van der Waals surface area (Å²) in [5.74, 6) is 0.222. The molecule has 186 valence electrons. The van der Waals surface area contributed by atoms with Gasteiger partial charge in [0.15, 0.2) is 0 Å². The Bertz CT molecular complexity index is 1100. The molecule has 0 unspecified atom stereocenters. The minimum Gasteiger partial charge on any atom is -0.508 e. The standard InChI is InChI=1S/C28H34N2O5/c1-34-15-14-25-27(23-8-5-9-24(31)16-23)28(22-6-3-2-4-7-22)29-30(25)17-20-10-12-21(13-11-20)18-35-19-26(32)33/h2-9,16,20-21,31H,10-15,17-19H2,1H3,(H,32,33). The van der Waals surface area contributed by atoms with Crippen LogP contribution in [0.2, 0.25) is 0 Å². The topological polar surface area (TPSA) is 93.8 Å². The maximum Gasteiger partial charge on any atom is 0.329 e. The van der Waals surface area contributed by atoms with Gasteiger partial charge in [0.2, 0.25) is 0 Å². The zero-order valence-corrected chi connectivity index (χ0v) is 20.2. The highest BCUT2D eigenvalue weighted by Crippen LogP contribution is 2.38. The van der Waals surface area contributed by atoms with Gasteiger partial charge in [-0.2, -0.15) is 5.10 Å². The first-order chi connectivity index (χ1) is 17.0. The molecule has 0 radical (unpaired) electrons. The molecule has 3 aromatic rings. The molecule has 7 heteroatoms. The molecule has 35 heavy (non-hydrogen) atoms. The molecule has 4 rings (SSSR count). The smallest absolute Gasteiger partial charge is 0.329 e. The van der Waals surface area contributed by atoms with Crippen LogP contribution in [0.4, 0.5) is 0 Å². The maximum absolute atomic E-state index is 10.7. The van der Waals surface area contributed by atoms with E-state index in [1.165, 1.54) is 0 Å². The Labute approximate surface area is 206 Å². The molecule has 0 bridgehead atoms. The Hall–Kier alpha value is -3.16. The summed E-state index contributed by atoms with van der Waals surface area (Å²) in [6.07, 6.45) is 4.91. The third-order valence-electron chi connectivity index (χ3n) is 6.76. The molecule has 0 aliphatic heterocycles. The number of hydrogen-bond acceptors (Lipinski definition) is 5. The van der Waals surface area contributed by atoms with E-state index in [0.717, 1.165) is 66.7 Å². The first-order valence-corrected chi connectivity index (χ1v) is 12.3. The molecule has 0 amide bonds. The number of hydrogen-bond donors (Lipinski definition) is 2. The third kappa shape index (κ3) is 6.50. The number of benzene rings is 2. The number of rotatable bonds is 11. The van der Waals surface area contributed by atoms with E-state index in [9.17, 15) is 9.90 Å². The van der Waals surface area contributed by atoms with E-state index in [-0.39, 0.29) is 12.4 Å². The molecular weight excluding hydrogens is 444 g/mol. The summed E-state index contributed by atoms with van der Waals surface area (Å²) in [6, 6.07) is 17.5. The van der Waals surface area contributed by atoms with Gasteiger partial charge in [-0.3, -0.25) is 4.68 Å². The number of aromatic nitrogens is 2. The summed E-state index contributed by atoms with van der Waals surface area (Å²) in [5.41, 5.74) is 5.06. The van der Waals surface area contributed by atoms with E-state index in [1.54, 1.807) is 19.2 Å². The van der Waals surface area contributed by atoms with E-state index in [4.69, 9.17) is 19.7 Å². The van der Waals surface area contributed by atoms with E-state index in [2.05, 4.69) is 16.8 Å². The molecule has 1 aliphatic carbocycles. The third-order valence-corrected chi connectivity index (χ3v) is 6.76. The van der Waals surface area contributed by atoms with E-state index >= 15 is 0 Å². The number of aliphatic carboxylic acids is 1. The predicted molar refractivity (Wildman–Crippen MR) is 134 cm³/mol. The Balaban J connectivity index is 1.60. The van der Waals surface area contributed by atoms with Crippen molar-refractivity contribution >= 4 is 5.97 Å². The lowest BCUT2D eigenvalue weighted by Crippen LogP contribution is -2.24. The van der Waals surface area contributed by atoms with Crippen molar-refractivity contribution in [3.63, 3.8) is 0 Å². The Morgan fingerprint density at radius 3 is 2.43 bits per heavy atom. The van der Waals surface area contributed by atoms with Crippen LogP contribution in [0.5, 0.6) is 5.75 Å². The molecule has 2 aromatic carbocycles. The summed E-state index contributed by atoms with van der Waals surface area (Å²) in [4.78, 5) is 10.7. The van der Waals surface area contributed by atoms with Crippen molar-refractivity contribution in [2.24, 2.45) is 11.8 Å². The molecule has 1 aromatic heterocycles. The highest BCUT2D eigenvalue weighted by Gasteiger charge is 2.26. The van der Waals surface area contributed by atoms with Crippen LogP contribution in [0.15, 0.2) is 54.6 Å². The van der Waals surface area contributed by atoms with Crippen molar-refractivity contribution in [1.82, 2.24) is 9.78 Å². The van der Waals surface area contributed by atoms with Crippen LogP contribution in [-0.2, 0) is 27.2 Å². The van der Waals surface area contributed by atoms with Crippen LogP contribution in [0.25, 0.3) is 22.4 Å². The number of carboxylic acids is 1. The second-order valence-corrected chi connectivity index (χ2v) is 9.31. The molecule has 1 heterocycles. The second-order valence-electron chi connectivity index (χ2n) is 9.31. The zero-order chi connectivity index (χ0) is 24.6. The fraction of sp³-hybridized carbons (Fsp3) is 0.429. The molecule has 1 fully saturated rings. The molecule has 7 nitrogen and oxygen atoms in total. The van der Waals surface area contributed by atoms with Gasteiger partial charge >= 0.3 is 5.97 Å². The highest BCUT2D eigenvalue weighted by molar-refractivity contribution is 5.83. The van der Waals surface area contributed by atoms with Crippen molar-refractivity contribution < 1.29 is 24.5 Å². The summed E-state index contributed by atoms with van der Waals surface area (Å²) in [5, 5.41) is 24.1. The van der Waals surface area contributed by atoms with E-state index in [1.807, 2.05) is 30.3 Å². The number of ether oxygens (including phenoxy) is 2. The summed E-state index contributed by atoms with van der Waals surface area (Å²) < 4.78 is 12.9. The number of phenolic OH excluding ortho intramolecular Hbond substituents is 1. The van der Waals surface area contributed by atoms with Crippen LogP contribution < -0.4 is 0 Å². The first kappa shape index (κ1) is 24.9. The zero-order valence-electron chi connectivity index (χ0n) is 20.2. The number of carboxylic acid groups (broad SMARTS) is 1. The van der Waals surface area contributed by atoms with Gasteiger partial charge in [-0.25, -0.2) is 4.79 Å². The quantitative estimate of drug-likeness (QED) is 0.402. The van der Waals surface area contributed by atoms with Crippen molar-refractivity contribution in [2.45, 2.75) is 38.6 Å². The minimum atomic E-state index is -0.919. The Morgan fingerprint density at radius 1 is 1.03 bits per heavy atom. The van der Waals surface area contributed by atoms with Gasteiger partial charge in [0.25, 0.3) is 0 Å². The molecular formula is C28H34N2O5. The van der Waals surface area contributed by atoms with Crippen molar-refractivity contribution in [3.8, 4) is 28.1 Å². The molecule has 0 atom stereocenters. The number of carbonyl (C=O) groups is 1. The van der Waals surface area contributed by atoms with Crippen LogP contribution >= 0.6 is 0 Å². The number of nitrogens with zero attached hydrogens (tertiary/aromatic N) is 2. The largest absolute Gasteiger partial charge is 0.508 e. The van der Waals surface area contributed by atoms with E-state index < -0.39 is 5.97 Å². The van der Waals surface area contributed by atoms with Crippen LogP contribution in [-0.4, -0.2) is 52.9 Å². The monoisotopic (exact) mass is 478 g/mol. The van der Waals surface area contributed by atoms with Crippen LogP contribution in [0, 0.1) is 11.8 Å². The Kier molecular flexibility index (Phi) is 8.55. The molecule has 1 saturated carbocycles. The second kappa shape index (κ2) is 12.0. The van der Waals surface area contributed by atoms with Gasteiger partial charge < -0.3 is 19.7 Å². The molecule has 0 saturated heterocycles. The summed E-state index contributed by atoms with van der Waals surface area (Å²) in [7, 11) is 1.71. The van der Waals surface area contributed by atoms with Crippen molar-refractivity contribution in [1.29, 1.82) is 0 Å². The van der Waals surface area contributed by atoms with E-state index in [0.29, 0.717) is 25.0 Å². The lowest BCUT2D eigenvalue weighted by Gasteiger charge is -2.28. The van der Waals surface area contributed by atoms with Crippen LogP contribution in [0.1, 0.15) is 31.4 Å². The van der Waals surface area contributed by atoms with Crippen molar-refractivity contribution in [3.05, 3.63) is 60.3 Å².